The van der Waals surface area contributed by atoms with E-state index in [9.17, 15) is 8.42 Å². The van der Waals surface area contributed by atoms with E-state index >= 15 is 0 Å². The van der Waals surface area contributed by atoms with Gasteiger partial charge in [0.1, 0.15) is 0 Å². The van der Waals surface area contributed by atoms with E-state index in [4.69, 9.17) is 5.14 Å². The van der Waals surface area contributed by atoms with Crippen LogP contribution in [0.5, 0.6) is 0 Å². The molecule has 5 heteroatoms. The number of sulfonamides is 1. The normalized spacial score (nSPS) is 17.6. The molecule has 1 saturated heterocycles. The molecule has 2 N–H and O–H groups in total. The number of rotatable bonds is 13. The van der Waals surface area contributed by atoms with Gasteiger partial charge in [0.25, 0.3) is 0 Å². The molecular weight excluding hydrogens is 380 g/mol. The summed E-state index contributed by atoms with van der Waals surface area (Å²) in [5.41, 5.74) is 2.35. The number of nitrogens with zero attached hydrogens (tertiary/aromatic N) is 1. The lowest BCUT2D eigenvalue weighted by molar-refractivity contribution is 0.446. The van der Waals surface area contributed by atoms with Gasteiger partial charge in [-0.3, -0.25) is 0 Å². The minimum Gasteiger partial charge on any atom is -0.371 e. The van der Waals surface area contributed by atoms with Crippen molar-refractivity contribution < 1.29 is 8.42 Å². The van der Waals surface area contributed by atoms with Crippen molar-refractivity contribution in [3.8, 4) is 0 Å². The molecule has 1 fully saturated rings. The van der Waals surface area contributed by atoms with Crippen molar-refractivity contribution in [2.24, 2.45) is 11.1 Å². The summed E-state index contributed by atoms with van der Waals surface area (Å²) in [6.07, 6.45) is 16.7. The lowest BCUT2D eigenvalue weighted by Gasteiger charge is -2.34. The Hall–Kier alpha value is -1.07. The number of hydrogen-bond donors (Lipinski definition) is 1. The van der Waals surface area contributed by atoms with Gasteiger partial charge < -0.3 is 4.90 Å². The summed E-state index contributed by atoms with van der Waals surface area (Å²) in [7, 11) is -3.67. The first-order valence-corrected chi connectivity index (χ1v) is 13.4. The van der Waals surface area contributed by atoms with Gasteiger partial charge in [0.15, 0.2) is 0 Å². The monoisotopic (exact) mass is 422 g/mol. The molecule has 1 aromatic rings. The van der Waals surface area contributed by atoms with Gasteiger partial charge in [-0.25, -0.2) is 13.6 Å². The second-order valence-corrected chi connectivity index (χ2v) is 10.5. The molecule has 1 heterocycles. The van der Waals surface area contributed by atoms with Gasteiger partial charge in [-0.2, -0.15) is 0 Å². The van der Waals surface area contributed by atoms with Crippen LogP contribution in [0.3, 0.4) is 0 Å². The Bertz CT molecular complexity index is 703. The van der Waals surface area contributed by atoms with E-state index in [1.807, 2.05) is 6.07 Å². The Morgan fingerprint density at radius 3 is 2.21 bits per heavy atom. The zero-order valence-corrected chi connectivity index (χ0v) is 19.5. The summed E-state index contributed by atoms with van der Waals surface area (Å²) >= 11 is 0. The summed E-state index contributed by atoms with van der Waals surface area (Å²) in [6.45, 7) is 6.54. The molecule has 0 saturated carbocycles. The largest absolute Gasteiger partial charge is 0.371 e. The first kappa shape index (κ1) is 24.2. The molecule has 0 bridgehead atoms. The van der Waals surface area contributed by atoms with Crippen molar-refractivity contribution in [2.75, 3.05) is 18.0 Å². The molecule has 166 valence electrons. The lowest BCUT2D eigenvalue weighted by atomic mass is 9.97. The molecule has 0 spiro atoms. The number of nitrogens with two attached hydrogens (primary N) is 1. The average molecular weight is 423 g/mol. The highest BCUT2D eigenvalue weighted by atomic mass is 32.2. The highest BCUT2D eigenvalue weighted by Gasteiger charge is 2.21. The van der Waals surface area contributed by atoms with Gasteiger partial charge in [-0.1, -0.05) is 77.7 Å². The third kappa shape index (κ3) is 8.67. The van der Waals surface area contributed by atoms with Crippen LogP contribution in [0.25, 0.3) is 0 Å². The standard InChI is InChI=1S/C24H42N2O2S/c1-3-4-5-6-7-8-9-10-11-12-15-22-16-17-23(29(25,27)28)19-24(22)26-18-13-14-21(2)20-26/h16-17,19,21H,3-15,18,20H2,1-2H3,(H2,25,27,28). The maximum atomic E-state index is 11.8. The SMILES string of the molecule is CCCCCCCCCCCCc1ccc(S(N)(=O)=O)cc1N1CCCC(C)C1. The van der Waals surface area contributed by atoms with Gasteiger partial charge in [-0.15, -0.1) is 0 Å². The molecule has 2 rings (SSSR count). The van der Waals surface area contributed by atoms with E-state index < -0.39 is 10.0 Å². The smallest absolute Gasteiger partial charge is 0.238 e. The lowest BCUT2D eigenvalue weighted by Crippen LogP contribution is -2.35. The molecule has 1 aliphatic heterocycles. The van der Waals surface area contributed by atoms with Crippen LogP contribution in [0, 0.1) is 5.92 Å². The summed E-state index contributed by atoms with van der Waals surface area (Å²) in [5.74, 6) is 0.645. The number of hydrogen-bond acceptors (Lipinski definition) is 3. The van der Waals surface area contributed by atoms with Gasteiger partial charge in [-0.05, 0) is 49.3 Å². The molecule has 0 aliphatic carbocycles. The van der Waals surface area contributed by atoms with Crippen molar-refractivity contribution in [3.63, 3.8) is 0 Å². The summed E-state index contributed by atoms with van der Waals surface area (Å²) in [6, 6.07) is 5.47. The molecule has 4 nitrogen and oxygen atoms in total. The van der Waals surface area contributed by atoms with E-state index in [1.54, 1.807) is 12.1 Å². The number of anilines is 1. The second kappa shape index (κ2) is 12.6. The minimum atomic E-state index is -3.67. The van der Waals surface area contributed by atoms with Crippen molar-refractivity contribution in [1.82, 2.24) is 0 Å². The van der Waals surface area contributed by atoms with Gasteiger partial charge in [0, 0.05) is 18.8 Å². The van der Waals surface area contributed by atoms with Crippen LogP contribution in [-0.4, -0.2) is 21.5 Å². The van der Waals surface area contributed by atoms with Crippen LogP contribution in [0.15, 0.2) is 23.1 Å². The number of piperidine rings is 1. The minimum absolute atomic E-state index is 0.234. The number of unbranched alkanes of at least 4 members (excludes halogenated alkanes) is 9. The first-order chi connectivity index (χ1) is 13.9. The predicted molar refractivity (Wildman–Crippen MR) is 124 cm³/mol. The molecule has 0 radical (unpaired) electrons. The van der Waals surface area contributed by atoms with Gasteiger partial charge >= 0.3 is 0 Å². The highest BCUT2D eigenvalue weighted by Crippen LogP contribution is 2.30. The topological polar surface area (TPSA) is 63.4 Å². The molecule has 1 unspecified atom stereocenters. The van der Waals surface area contributed by atoms with Crippen LogP contribution < -0.4 is 10.0 Å². The Morgan fingerprint density at radius 2 is 1.62 bits per heavy atom. The van der Waals surface area contributed by atoms with Crippen LogP contribution in [-0.2, 0) is 16.4 Å². The van der Waals surface area contributed by atoms with Crippen LogP contribution in [0.2, 0.25) is 0 Å². The Balaban J connectivity index is 1.85. The van der Waals surface area contributed by atoms with Crippen molar-refractivity contribution in [3.05, 3.63) is 23.8 Å². The number of aryl methyl sites for hydroxylation is 1. The third-order valence-electron chi connectivity index (χ3n) is 6.18. The van der Waals surface area contributed by atoms with Crippen LogP contribution in [0.4, 0.5) is 5.69 Å². The second-order valence-electron chi connectivity index (χ2n) is 8.96. The van der Waals surface area contributed by atoms with Crippen molar-refractivity contribution in [1.29, 1.82) is 0 Å². The van der Waals surface area contributed by atoms with Crippen LogP contribution in [0.1, 0.15) is 96.5 Å². The fourth-order valence-electron chi connectivity index (χ4n) is 4.44. The molecule has 1 aliphatic rings. The van der Waals surface area contributed by atoms with E-state index in [2.05, 4.69) is 18.7 Å². The molecule has 0 aromatic heterocycles. The summed E-state index contributed by atoms with van der Waals surface area (Å²) < 4.78 is 23.7. The maximum Gasteiger partial charge on any atom is 0.238 e. The van der Waals surface area contributed by atoms with E-state index in [0.29, 0.717) is 5.92 Å². The average Bonchev–Trinajstić information content (AvgIpc) is 2.68. The quantitative estimate of drug-likeness (QED) is 0.394. The van der Waals surface area contributed by atoms with E-state index in [-0.39, 0.29) is 4.90 Å². The van der Waals surface area contributed by atoms with E-state index in [0.717, 1.165) is 25.2 Å². The highest BCUT2D eigenvalue weighted by molar-refractivity contribution is 7.89. The van der Waals surface area contributed by atoms with Crippen molar-refractivity contribution in [2.45, 2.75) is 102 Å². The Labute approximate surface area is 179 Å². The molecule has 1 atom stereocenters. The zero-order chi connectivity index (χ0) is 21.1. The Kier molecular flexibility index (Phi) is 10.5. The first-order valence-electron chi connectivity index (χ1n) is 11.8. The molecule has 29 heavy (non-hydrogen) atoms. The Morgan fingerprint density at radius 1 is 1.00 bits per heavy atom. The fourth-order valence-corrected chi connectivity index (χ4v) is 4.97. The van der Waals surface area contributed by atoms with E-state index in [1.165, 1.54) is 82.6 Å². The molecule has 1 aromatic carbocycles. The molecular formula is C24H42N2O2S. The number of benzene rings is 1. The third-order valence-corrected chi connectivity index (χ3v) is 7.09. The van der Waals surface area contributed by atoms with Crippen molar-refractivity contribution >= 4 is 15.7 Å². The fraction of sp³-hybridized carbons (Fsp3) is 0.750. The molecule has 0 amide bonds. The van der Waals surface area contributed by atoms with Crippen LogP contribution >= 0.6 is 0 Å². The zero-order valence-electron chi connectivity index (χ0n) is 18.7. The predicted octanol–water partition coefficient (Wildman–Crippen LogP) is 6.03. The van der Waals surface area contributed by atoms with Gasteiger partial charge in [0.05, 0.1) is 4.90 Å². The number of primary sulfonamides is 1. The van der Waals surface area contributed by atoms with Gasteiger partial charge in [0.2, 0.25) is 10.0 Å². The maximum absolute atomic E-state index is 11.8. The summed E-state index contributed by atoms with van der Waals surface area (Å²) in [5, 5.41) is 5.39. The summed E-state index contributed by atoms with van der Waals surface area (Å²) in [4.78, 5) is 2.60.